The Kier molecular flexibility index (Phi) is 7.45. The van der Waals surface area contributed by atoms with E-state index in [4.69, 9.17) is 9.26 Å². The second kappa shape index (κ2) is 9.51. The molecule has 0 spiro atoms. The highest BCUT2D eigenvalue weighted by molar-refractivity contribution is 7.57. The molecule has 36 heavy (non-hydrogen) atoms. The molecule has 2 aromatic heterocycles. The fourth-order valence-electron chi connectivity index (χ4n) is 3.97. The van der Waals surface area contributed by atoms with E-state index < -0.39 is 71.9 Å². The summed E-state index contributed by atoms with van der Waals surface area (Å²) in [5.74, 6) is 0. The number of nitrogens with zero attached hydrogens (tertiary/aromatic N) is 2. The van der Waals surface area contributed by atoms with Gasteiger partial charge in [-0.05, 0) is 27.2 Å². The van der Waals surface area contributed by atoms with Gasteiger partial charge in [0.25, 0.3) is 0 Å². The number of pyridine rings is 1. The van der Waals surface area contributed by atoms with Crippen molar-refractivity contribution in [2.75, 3.05) is 0 Å². The smallest absolute Gasteiger partial charge is 0.388 e. The Morgan fingerprint density at radius 3 is 2.47 bits per heavy atom. The lowest BCUT2D eigenvalue weighted by molar-refractivity contribution is -0.141. The van der Waals surface area contributed by atoms with Crippen molar-refractivity contribution in [1.29, 1.82) is 0 Å². The SMILES string of the molecule is C=C(CC)P(=O)(O)OC(C)(C)CC1OC(n2cc3c(=O)c(C)c(C(F)(F)F)[nH]c3nc2=O)C(O)C1O. The molecule has 1 fully saturated rings. The summed E-state index contributed by atoms with van der Waals surface area (Å²) < 4.78 is 63.7. The van der Waals surface area contributed by atoms with Crippen LogP contribution in [0.25, 0.3) is 11.0 Å². The molecule has 3 rings (SSSR count). The van der Waals surface area contributed by atoms with Crippen LogP contribution in [0.3, 0.4) is 0 Å². The first kappa shape index (κ1) is 28.2. The van der Waals surface area contributed by atoms with Crippen LogP contribution < -0.4 is 11.1 Å². The number of H-pyrrole nitrogens is 1. The number of halogens is 3. The Bertz CT molecular complexity index is 1350. The molecule has 0 saturated carbocycles. The zero-order valence-electron chi connectivity index (χ0n) is 19.9. The van der Waals surface area contributed by atoms with Gasteiger partial charge >= 0.3 is 19.5 Å². The normalized spacial score (nSPS) is 24.7. The highest BCUT2D eigenvalue weighted by Gasteiger charge is 2.47. The maximum Gasteiger partial charge on any atom is 0.431 e. The number of aliphatic hydroxyl groups is 2. The van der Waals surface area contributed by atoms with Crippen molar-refractivity contribution < 1.29 is 42.1 Å². The van der Waals surface area contributed by atoms with Crippen molar-refractivity contribution in [3.63, 3.8) is 0 Å². The van der Waals surface area contributed by atoms with E-state index in [0.29, 0.717) is 4.57 Å². The van der Waals surface area contributed by atoms with Gasteiger partial charge in [0, 0.05) is 23.5 Å². The summed E-state index contributed by atoms with van der Waals surface area (Å²) in [6.07, 6.45) is -10.0. The van der Waals surface area contributed by atoms with Gasteiger partial charge in [-0.3, -0.25) is 18.5 Å². The lowest BCUT2D eigenvalue weighted by atomic mass is 9.97. The Morgan fingerprint density at radius 1 is 1.31 bits per heavy atom. The van der Waals surface area contributed by atoms with Crippen molar-refractivity contribution >= 4 is 18.6 Å². The van der Waals surface area contributed by atoms with Crippen LogP contribution in [-0.2, 0) is 20.0 Å². The Hall–Kier alpha value is -2.35. The number of ether oxygens (including phenoxy) is 1. The average Bonchev–Trinajstić information content (AvgIpc) is 3.01. The summed E-state index contributed by atoms with van der Waals surface area (Å²) in [6.45, 7) is 9.01. The van der Waals surface area contributed by atoms with Gasteiger partial charge < -0.3 is 24.8 Å². The number of fused-ring (bicyclic) bond motifs is 1. The van der Waals surface area contributed by atoms with E-state index in [-0.39, 0.29) is 23.5 Å². The number of nitrogens with one attached hydrogen (secondary N) is 1. The van der Waals surface area contributed by atoms with E-state index in [0.717, 1.165) is 13.1 Å². The second-order valence-electron chi connectivity index (χ2n) is 9.19. The van der Waals surface area contributed by atoms with Crippen molar-refractivity contribution in [3.8, 4) is 0 Å². The fourth-order valence-corrected chi connectivity index (χ4v) is 5.25. The highest BCUT2D eigenvalue weighted by atomic mass is 31.2. The zero-order chi connectivity index (χ0) is 27.4. The minimum atomic E-state index is -4.88. The summed E-state index contributed by atoms with van der Waals surface area (Å²) in [6, 6.07) is 0. The first-order valence-corrected chi connectivity index (χ1v) is 12.4. The summed E-state index contributed by atoms with van der Waals surface area (Å²) in [5.41, 5.74) is -6.13. The predicted octanol–water partition coefficient (Wildman–Crippen LogP) is 2.33. The standard InChI is InChI=1S/C21H27F3N3O8P/c1-6-9(2)36(32,33)35-20(4,5)7-12-14(29)15(30)18(34-12)27-8-11-13(28)10(3)16(21(22,23)24)25-17(11)26-19(27)31/h8,12,14-15,18,29-30H,2,6-7H2,1,3-5H3,(H,32,33)(H,25,26,31). The maximum absolute atomic E-state index is 13.2. The number of hydrogen-bond donors (Lipinski definition) is 4. The average molecular weight is 537 g/mol. The Balaban J connectivity index is 1.95. The van der Waals surface area contributed by atoms with Gasteiger partial charge in [-0.25, -0.2) is 4.79 Å². The Labute approximate surface area is 202 Å². The van der Waals surface area contributed by atoms with Crippen LogP contribution in [0.1, 0.15) is 51.1 Å². The number of hydrogen-bond acceptors (Lipinski definition) is 8. The number of alkyl halides is 3. The molecule has 0 aromatic carbocycles. The molecule has 2 aromatic rings. The lowest BCUT2D eigenvalue weighted by Crippen LogP contribution is -2.38. The predicted molar refractivity (Wildman–Crippen MR) is 121 cm³/mol. The number of aliphatic hydroxyl groups excluding tert-OH is 2. The number of rotatable bonds is 7. The largest absolute Gasteiger partial charge is 0.431 e. The highest BCUT2D eigenvalue weighted by Crippen LogP contribution is 2.55. The topological polar surface area (TPSA) is 164 Å². The van der Waals surface area contributed by atoms with Gasteiger partial charge in [0.15, 0.2) is 11.7 Å². The number of aromatic amines is 1. The number of allylic oxidation sites excluding steroid dienone is 1. The van der Waals surface area contributed by atoms with Crippen LogP contribution in [0.15, 0.2) is 27.7 Å². The monoisotopic (exact) mass is 537 g/mol. The molecule has 0 radical (unpaired) electrons. The molecule has 5 unspecified atom stereocenters. The molecule has 0 bridgehead atoms. The summed E-state index contributed by atoms with van der Waals surface area (Å²) in [5, 5.41) is 20.7. The molecular formula is C21H27F3N3O8P. The molecule has 11 nitrogen and oxygen atoms in total. The van der Waals surface area contributed by atoms with E-state index >= 15 is 0 Å². The van der Waals surface area contributed by atoms with Crippen molar-refractivity contribution in [2.45, 2.75) is 76.9 Å². The van der Waals surface area contributed by atoms with Gasteiger partial charge in [0.2, 0.25) is 0 Å². The van der Waals surface area contributed by atoms with Gasteiger partial charge in [-0.15, -0.1) is 0 Å². The van der Waals surface area contributed by atoms with Crippen LogP contribution in [0.5, 0.6) is 0 Å². The molecule has 1 aliphatic heterocycles. The minimum absolute atomic E-state index is 0.0237. The van der Waals surface area contributed by atoms with Crippen molar-refractivity contribution in [2.24, 2.45) is 0 Å². The molecule has 1 saturated heterocycles. The maximum atomic E-state index is 13.2. The van der Waals surface area contributed by atoms with Crippen molar-refractivity contribution in [1.82, 2.24) is 14.5 Å². The van der Waals surface area contributed by atoms with Crippen molar-refractivity contribution in [3.05, 3.63) is 50.1 Å². The van der Waals surface area contributed by atoms with Gasteiger partial charge in [0.05, 0.1) is 17.1 Å². The second-order valence-corrected chi connectivity index (χ2v) is 11.0. The molecule has 200 valence electrons. The zero-order valence-corrected chi connectivity index (χ0v) is 20.8. The van der Waals surface area contributed by atoms with Gasteiger partial charge in [-0.2, -0.15) is 18.2 Å². The van der Waals surface area contributed by atoms with E-state index in [1.54, 1.807) is 6.92 Å². The molecule has 1 aliphatic rings. The van der Waals surface area contributed by atoms with Gasteiger partial charge in [0.1, 0.15) is 23.5 Å². The van der Waals surface area contributed by atoms with Crippen LogP contribution in [-0.4, -0.2) is 53.6 Å². The molecule has 0 amide bonds. The van der Waals surface area contributed by atoms with Crippen LogP contribution in [0.4, 0.5) is 13.2 Å². The summed E-state index contributed by atoms with van der Waals surface area (Å²) in [7, 11) is -4.21. The van der Waals surface area contributed by atoms with Gasteiger partial charge in [-0.1, -0.05) is 13.5 Å². The molecule has 0 aliphatic carbocycles. The number of aromatic nitrogens is 3. The first-order valence-electron chi connectivity index (χ1n) is 10.9. The third kappa shape index (κ3) is 5.34. The van der Waals surface area contributed by atoms with E-state index in [1.807, 2.05) is 4.98 Å². The summed E-state index contributed by atoms with van der Waals surface area (Å²) in [4.78, 5) is 40.8. The Morgan fingerprint density at radius 2 is 1.92 bits per heavy atom. The molecule has 3 heterocycles. The fraction of sp³-hybridized carbons (Fsp3) is 0.571. The molecule has 5 atom stereocenters. The molecule has 15 heteroatoms. The van der Waals surface area contributed by atoms with E-state index in [9.17, 15) is 42.4 Å². The molecule has 4 N–H and O–H groups in total. The lowest BCUT2D eigenvalue weighted by Gasteiger charge is -2.31. The van der Waals surface area contributed by atoms with E-state index in [1.165, 1.54) is 13.8 Å². The van der Waals surface area contributed by atoms with Crippen LogP contribution >= 0.6 is 7.60 Å². The van der Waals surface area contributed by atoms with Crippen LogP contribution in [0.2, 0.25) is 0 Å². The minimum Gasteiger partial charge on any atom is -0.388 e. The van der Waals surface area contributed by atoms with Crippen LogP contribution in [0, 0.1) is 6.92 Å². The quantitative estimate of drug-likeness (QED) is 0.388. The summed E-state index contributed by atoms with van der Waals surface area (Å²) >= 11 is 0. The third-order valence-electron chi connectivity index (χ3n) is 5.92. The molecular weight excluding hydrogens is 510 g/mol. The third-order valence-corrected chi connectivity index (χ3v) is 7.78. The van der Waals surface area contributed by atoms with E-state index in [2.05, 4.69) is 11.6 Å². The first-order chi connectivity index (χ1) is 16.4.